The van der Waals surface area contributed by atoms with Gasteiger partial charge >= 0.3 is 0 Å². The molecule has 3 heterocycles. The van der Waals surface area contributed by atoms with Gasteiger partial charge in [-0.2, -0.15) is 5.10 Å². The molecule has 0 saturated carbocycles. The number of rotatable bonds is 3. The highest BCUT2D eigenvalue weighted by molar-refractivity contribution is 6.05. The lowest BCUT2D eigenvalue weighted by molar-refractivity contribution is 0.102. The summed E-state index contributed by atoms with van der Waals surface area (Å²) in [5, 5.41) is 6.89. The van der Waals surface area contributed by atoms with E-state index in [4.69, 9.17) is 0 Å². The summed E-state index contributed by atoms with van der Waals surface area (Å²) in [6.45, 7) is 0.994. The molecule has 0 saturated heterocycles. The number of anilines is 2. The first-order valence-corrected chi connectivity index (χ1v) is 7.67. The molecule has 1 aliphatic rings. The molecule has 0 aliphatic carbocycles. The quantitative estimate of drug-likeness (QED) is 0.798. The Kier molecular flexibility index (Phi) is 3.45. The second-order valence-electron chi connectivity index (χ2n) is 5.71. The predicted molar refractivity (Wildman–Crippen MR) is 90.5 cm³/mol. The van der Waals surface area contributed by atoms with E-state index in [-0.39, 0.29) is 5.91 Å². The van der Waals surface area contributed by atoms with Gasteiger partial charge in [0.1, 0.15) is 12.7 Å². The maximum atomic E-state index is 12.4. The highest BCUT2D eigenvalue weighted by atomic mass is 16.1. The van der Waals surface area contributed by atoms with Crippen molar-refractivity contribution in [2.24, 2.45) is 0 Å². The lowest BCUT2D eigenvalue weighted by Gasteiger charge is -2.13. The molecule has 4 rings (SSSR count). The third kappa shape index (κ3) is 2.60. The monoisotopic (exact) mass is 320 g/mol. The summed E-state index contributed by atoms with van der Waals surface area (Å²) in [6, 6.07) is 9.40. The van der Waals surface area contributed by atoms with E-state index in [0.29, 0.717) is 17.1 Å². The lowest BCUT2D eigenvalue weighted by atomic mass is 10.1. The summed E-state index contributed by atoms with van der Waals surface area (Å²) in [5.41, 5.74) is 3.69. The number of likely N-dealkylation sites (N-methyl/N-ethyl adjacent to an activating group) is 1. The maximum absolute atomic E-state index is 12.4. The van der Waals surface area contributed by atoms with Gasteiger partial charge in [0.2, 0.25) is 0 Å². The standard InChI is InChI=1S/C17H16N6O/c1-22-7-6-12-2-3-13(8-15(12)22)17(24)21-14-4-5-16(19-9-14)23-11-18-10-20-23/h2-5,8-11H,6-7H2,1H3,(H,21,24). The first-order valence-electron chi connectivity index (χ1n) is 7.67. The fourth-order valence-electron chi connectivity index (χ4n) is 2.81. The van der Waals surface area contributed by atoms with Crippen LogP contribution in [0.5, 0.6) is 0 Å². The van der Waals surface area contributed by atoms with E-state index in [9.17, 15) is 4.79 Å². The predicted octanol–water partition coefficient (Wildman–Crippen LogP) is 1.91. The van der Waals surface area contributed by atoms with Crippen molar-refractivity contribution in [3.8, 4) is 5.82 Å². The molecule has 24 heavy (non-hydrogen) atoms. The molecular weight excluding hydrogens is 304 g/mol. The van der Waals surface area contributed by atoms with Crippen LogP contribution in [0.3, 0.4) is 0 Å². The van der Waals surface area contributed by atoms with Crippen molar-refractivity contribution in [1.29, 1.82) is 0 Å². The molecule has 120 valence electrons. The number of fused-ring (bicyclic) bond motifs is 1. The first-order chi connectivity index (χ1) is 11.7. The van der Waals surface area contributed by atoms with Gasteiger partial charge in [-0.3, -0.25) is 4.79 Å². The number of hydrogen-bond acceptors (Lipinski definition) is 5. The number of aromatic nitrogens is 4. The van der Waals surface area contributed by atoms with Gasteiger partial charge < -0.3 is 10.2 Å². The SMILES string of the molecule is CN1CCc2ccc(C(=O)Nc3ccc(-n4cncn4)nc3)cc21. The normalized spacial score (nSPS) is 13.0. The second kappa shape index (κ2) is 5.77. The number of nitrogens with one attached hydrogen (secondary N) is 1. The van der Waals surface area contributed by atoms with Crippen LogP contribution in [0.1, 0.15) is 15.9 Å². The van der Waals surface area contributed by atoms with Gasteiger partial charge in [0.25, 0.3) is 5.91 Å². The molecule has 0 atom stereocenters. The molecule has 1 amide bonds. The van der Waals surface area contributed by atoms with Gasteiger partial charge in [0.15, 0.2) is 5.82 Å². The van der Waals surface area contributed by atoms with Crippen LogP contribution in [-0.4, -0.2) is 39.2 Å². The molecule has 1 N–H and O–H groups in total. The van der Waals surface area contributed by atoms with Gasteiger partial charge in [0, 0.05) is 24.8 Å². The number of carbonyl (C=O) groups is 1. The minimum absolute atomic E-state index is 0.145. The number of benzene rings is 1. The van der Waals surface area contributed by atoms with E-state index in [0.717, 1.165) is 18.7 Å². The van der Waals surface area contributed by atoms with E-state index in [2.05, 4.69) is 25.3 Å². The number of nitrogens with zero attached hydrogens (tertiary/aromatic N) is 5. The Morgan fingerprint density at radius 1 is 1.25 bits per heavy atom. The van der Waals surface area contributed by atoms with Crippen LogP contribution >= 0.6 is 0 Å². The van der Waals surface area contributed by atoms with Gasteiger partial charge in [-0.1, -0.05) is 6.07 Å². The van der Waals surface area contributed by atoms with E-state index in [1.807, 2.05) is 25.2 Å². The molecule has 7 nitrogen and oxygen atoms in total. The number of hydrogen-bond donors (Lipinski definition) is 1. The minimum atomic E-state index is -0.145. The maximum Gasteiger partial charge on any atom is 0.255 e. The third-order valence-corrected chi connectivity index (χ3v) is 4.13. The zero-order chi connectivity index (χ0) is 16.5. The third-order valence-electron chi connectivity index (χ3n) is 4.13. The Bertz CT molecular complexity index is 873. The van der Waals surface area contributed by atoms with Gasteiger partial charge in [-0.05, 0) is 36.2 Å². The highest BCUT2D eigenvalue weighted by Gasteiger charge is 2.17. The molecule has 7 heteroatoms. The summed E-state index contributed by atoms with van der Waals surface area (Å²) >= 11 is 0. The fraction of sp³-hybridized carbons (Fsp3) is 0.176. The topological polar surface area (TPSA) is 75.9 Å². The van der Waals surface area contributed by atoms with Crippen molar-refractivity contribution < 1.29 is 4.79 Å². The fourth-order valence-corrected chi connectivity index (χ4v) is 2.81. The molecule has 1 aliphatic heterocycles. The van der Waals surface area contributed by atoms with E-state index in [1.165, 1.54) is 11.9 Å². The van der Waals surface area contributed by atoms with Gasteiger partial charge in [-0.15, -0.1) is 0 Å². The molecule has 0 unspecified atom stereocenters. The van der Waals surface area contributed by atoms with Crippen LogP contribution in [-0.2, 0) is 6.42 Å². The number of amides is 1. The van der Waals surface area contributed by atoms with Crippen molar-refractivity contribution in [2.45, 2.75) is 6.42 Å². The van der Waals surface area contributed by atoms with Crippen LogP contribution in [0.25, 0.3) is 5.82 Å². The average Bonchev–Trinajstić information content (AvgIpc) is 3.26. The smallest absolute Gasteiger partial charge is 0.255 e. The minimum Gasteiger partial charge on any atom is -0.374 e. The summed E-state index contributed by atoms with van der Waals surface area (Å²) in [4.78, 5) is 22.8. The van der Waals surface area contributed by atoms with E-state index in [1.54, 1.807) is 29.3 Å². The summed E-state index contributed by atoms with van der Waals surface area (Å²) in [5.74, 6) is 0.498. The largest absolute Gasteiger partial charge is 0.374 e. The molecule has 0 fully saturated rings. The van der Waals surface area contributed by atoms with Gasteiger partial charge in [-0.25, -0.2) is 14.6 Å². The molecule has 0 spiro atoms. The number of pyridine rings is 1. The van der Waals surface area contributed by atoms with E-state index >= 15 is 0 Å². The van der Waals surface area contributed by atoms with Crippen molar-refractivity contribution in [3.05, 3.63) is 60.3 Å². The van der Waals surface area contributed by atoms with Crippen molar-refractivity contribution in [2.75, 3.05) is 23.8 Å². The number of carbonyl (C=O) groups excluding carboxylic acids is 1. The van der Waals surface area contributed by atoms with Crippen LogP contribution < -0.4 is 10.2 Å². The molecular formula is C17H16N6O. The summed E-state index contributed by atoms with van der Waals surface area (Å²) in [6.07, 6.45) is 5.65. The Balaban J connectivity index is 1.51. The van der Waals surface area contributed by atoms with Crippen LogP contribution in [0, 0.1) is 0 Å². The molecule has 0 radical (unpaired) electrons. The Labute approximate surface area is 139 Å². The zero-order valence-electron chi connectivity index (χ0n) is 13.2. The average molecular weight is 320 g/mol. The summed E-state index contributed by atoms with van der Waals surface area (Å²) < 4.78 is 1.56. The van der Waals surface area contributed by atoms with Crippen molar-refractivity contribution in [1.82, 2.24) is 19.7 Å². The van der Waals surface area contributed by atoms with Crippen molar-refractivity contribution in [3.63, 3.8) is 0 Å². The highest BCUT2D eigenvalue weighted by Crippen LogP contribution is 2.27. The first kappa shape index (κ1) is 14.4. The Hall–Kier alpha value is -3.22. The van der Waals surface area contributed by atoms with E-state index < -0.39 is 0 Å². The zero-order valence-corrected chi connectivity index (χ0v) is 13.2. The Morgan fingerprint density at radius 2 is 2.17 bits per heavy atom. The second-order valence-corrected chi connectivity index (χ2v) is 5.71. The molecule has 1 aromatic carbocycles. The van der Waals surface area contributed by atoms with Crippen LogP contribution in [0.2, 0.25) is 0 Å². The Morgan fingerprint density at radius 3 is 2.92 bits per heavy atom. The van der Waals surface area contributed by atoms with Gasteiger partial charge in [0.05, 0.1) is 11.9 Å². The van der Waals surface area contributed by atoms with Crippen molar-refractivity contribution >= 4 is 17.3 Å². The van der Waals surface area contributed by atoms with Crippen LogP contribution in [0.15, 0.2) is 49.2 Å². The van der Waals surface area contributed by atoms with Crippen LogP contribution in [0.4, 0.5) is 11.4 Å². The summed E-state index contributed by atoms with van der Waals surface area (Å²) in [7, 11) is 2.04. The molecule has 0 bridgehead atoms. The lowest BCUT2D eigenvalue weighted by Crippen LogP contribution is -2.15. The molecule has 3 aromatic rings. The molecule has 2 aromatic heterocycles.